The molecule has 19 heavy (non-hydrogen) atoms. The highest BCUT2D eigenvalue weighted by Gasteiger charge is 2.32. The van der Waals surface area contributed by atoms with Gasteiger partial charge >= 0.3 is 6.18 Å². The largest absolute Gasteiger partial charge is 0.432 e. The number of alkyl halides is 3. The minimum atomic E-state index is -4.27. The lowest BCUT2D eigenvalue weighted by Crippen LogP contribution is -2.35. The third-order valence-corrected chi connectivity index (χ3v) is 2.36. The van der Waals surface area contributed by atoms with Gasteiger partial charge < -0.3 is 14.6 Å². The molecule has 0 aromatic carbocycles. The Morgan fingerprint density at radius 1 is 1.32 bits per heavy atom. The first-order valence-corrected chi connectivity index (χ1v) is 6.12. The van der Waals surface area contributed by atoms with Crippen molar-refractivity contribution in [3.8, 4) is 0 Å². The van der Waals surface area contributed by atoms with Gasteiger partial charge in [0.1, 0.15) is 12.8 Å². The SMILES string of the molecule is CCN(CC(F)(F)F)c1nc(CNC(C)(C)C)co1. The van der Waals surface area contributed by atoms with E-state index in [4.69, 9.17) is 4.42 Å². The molecule has 0 radical (unpaired) electrons. The maximum atomic E-state index is 12.4. The average Bonchev–Trinajstić information content (AvgIpc) is 2.69. The van der Waals surface area contributed by atoms with Crippen molar-refractivity contribution in [3.05, 3.63) is 12.0 Å². The number of aromatic nitrogens is 1. The van der Waals surface area contributed by atoms with Crippen LogP contribution in [0.5, 0.6) is 0 Å². The van der Waals surface area contributed by atoms with Crippen molar-refractivity contribution < 1.29 is 17.6 Å². The Bertz CT molecular complexity index is 396. The number of hydrogen-bond donors (Lipinski definition) is 1. The molecule has 0 aliphatic heterocycles. The molecule has 7 heteroatoms. The lowest BCUT2D eigenvalue weighted by Gasteiger charge is -2.20. The topological polar surface area (TPSA) is 41.3 Å². The Balaban J connectivity index is 2.66. The van der Waals surface area contributed by atoms with Crippen LogP contribution in [-0.4, -0.2) is 29.8 Å². The molecule has 0 bridgehead atoms. The molecule has 0 amide bonds. The van der Waals surface area contributed by atoms with Gasteiger partial charge in [-0.05, 0) is 27.7 Å². The third kappa shape index (κ3) is 5.96. The summed E-state index contributed by atoms with van der Waals surface area (Å²) in [4.78, 5) is 5.12. The van der Waals surface area contributed by atoms with Gasteiger partial charge in [0.05, 0.1) is 5.69 Å². The molecule has 0 spiro atoms. The Kier molecular flexibility index (Phi) is 4.84. The predicted molar refractivity (Wildman–Crippen MR) is 67.0 cm³/mol. The molecule has 0 fully saturated rings. The van der Waals surface area contributed by atoms with Crippen LogP contribution in [0, 0.1) is 0 Å². The molecule has 1 rings (SSSR count). The van der Waals surface area contributed by atoms with E-state index in [0.717, 1.165) is 4.90 Å². The summed E-state index contributed by atoms with van der Waals surface area (Å²) in [5.41, 5.74) is 0.501. The lowest BCUT2D eigenvalue weighted by molar-refractivity contribution is -0.120. The van der Waals surface area contributed by atoms with Gasteiger partial charge in [-0.15, -0.1) is 0 Å². The fourth-order valence-corrected chi connectivity index (χ4v) is 1.41. The number of nitrogens with one attached hydrogen (secondary N) is 1. The maximum absolute atomic E-state index is 12.4. The molecule has 1 heterocycles. The third-order valence-electron chi connectivity index (χ3n) is 2.36. The summed E-state index contributed by atoms with van der Waals surface area (Å²) in [5.74, 6) is 0. The van der Waals surface area contributed by atoms with E-state index >= 15 is 0 Å². The Hall–Kier alpha value is -1.24. The lowest BCUT2D eigenvalue weighted by atomic mass is 10.1. The maximum Gasteiger partial charge on any atom is 0.406 e. The number of hydrogen-bond acceptors (Lipinski definition) is 4. The molecular formula is C12H20F3N3O. The van der Waals surface area contributed by atoms with Gasteiger partial charge in [-0.1, -0.05) is 0 Å². The summed E-state index contributed by atoms with van der Waals surface area (Å²) in [7, 11) is 0. The van der Waals surface area contributed by atoms with Gasteiger partial charge in [0, 0.05) is 18.6 Å². The summed E-state index contributed by atoms with van der Waals surface area (Å²) < 4.78 is 42.2. The highest BCUT2D eigenvalue weighted by Crippen LogP contribution is 2.21. The molecule has 1 N–H and O–H groups in total. The van der Waals surface area contributed by atoms with Gasteiger partial charge in [-0.2, -0.15) is 18.2 Å². The minimum absolute atomic E-state index is 0.00512. The van der Waals surface area contributed by atoms with Crippen LogP contribution in [0.1, 0.15) is 33.4 Å². The number of nitrogens with zero attached hydrogens (tertiary/aromatic N) is 2. The average molecular weight is 279 g/mol. The van der Waals surface area contributed by atoms with Crippen LogP contribution in [0.3, 0.4) is 0 Å². The van der Waals surface area contributed by atoms with Crippen molar-refractivity contribution in [3.63, 3.8) is 0 Å². The van der Waals surface area contributed by atoms with Crippen molar-refractivity contribution in [2.45, 2.75) is 46.0 Å². The predicted octanol–water partition coefficient (Wildman–Crippen LogP) is 2.95. The summed E-state index contributed by atoms with van der Waals surface area (Å²) in [5, 5.41) is 3.19. The number of rotatable bonds is 5. The first-order valence-electron chi connectivity index (χ1n) is 6.12. The summed E-state index contributed by atoms with van der Waals surface area (Å²) >= 11 is 0. The zero-order chi connectivity index (χ0) is 14.7. The molecule has 0 saturated carbocycles. The monoisotopic (exact) mass is 279 g/mol. The number of anilines is 1. The van der Waals surface area contributed by atoms with Crippen molar-refractivity contribution >= 4 is 6.01 Å². The molecule has 4 nitrogen and oxygen atoms in total. The van der Waals surface area contributed by atoms with E-state index < -0.39 is 12.7 Å². The van der Waals surface area contributed by atoms with Crippen LogP contribution in [0.4, 0.5) is 19.2 Å². The van der Waals surface area contributed by atoms with E-state index in [-0.39, 0.29) is 18.1 Å². The smallest absolute Gasteiger partial charge is 0.406 e. The van der Waals surface area contributed by atoms with Crippen LogP contribution < -0.4 is 10.2 Å². The second kappa shape index (κ2) is 5.81. The van der Waals surface area contributed by atoms with E-state index in [1.165, 1.54) is 6.26 Å². The summed E-state index contributed by atoms with van der Waals surface area (Å²) in [6, 6.07) is 0.00512. The van der Waals surface area contributed by atoms with Gasteiger partial charge in [-0.25, -0.2) is 0 Å². The standard InChI is InChI=1S/C12H20F3N3O/c1-5-18(8-12(13,14)15)10-17-9(7-19-10)6-16-11(2,3)4/h7,16H,5-6,8H2,1-4H3. The molecule has 1 aromatic heterocycles. The first-order chi connectivity index (χ1) is 8.61. The van der Waals surface area contributed by atoms with Gasteiger partial charge in [0.15, 0.2) is 0 Å². The van der Waals surface area contributed by atoms with Crippen LogP contribution in [-0.2, 0) is 6.54 Å². The quantitative estimate of drug-likeness (QED) is 0.899. The second-order valence-electron chi connectivity index (χ2n) is 5.35. The normalized spacial score (nSPS) is 12.8. The van der Waals surface area contributed by atoms with Gasteiger partial charge in [-0.3, -0.25) is 0 Å². The molecule has 110 valence electrons. The van der Waals surface area contributed by atoms with Crippen molar-refractivity contribution in [2.75, 3.05) is 18.0 Å². The Labute approximate surface area is 111 Å². The van der Waals surface area contributed by atoms with Crippen LogP contribution in [0.25, 0.3) is 0 Å². The highest BCUT2D eigenvalue weighted by molar-refractivity contribution is 5.27. The van der Waals surface area contributed by atoms with Gasteiger partial charge in [0.25, 0.3) is 6.01 Å². The summed E-state index contributed by atoms with van der Waals surface area (Å²) in [6.45, 7) is 7.20. The van der Waals surface area contributed by atoms with Crippen LogP contribution in [0.15, 0.2) is 10.7 Å². The second-order valence-corrected chi connectivity index (χ2v) is 5.35. The Morgan fingerprint density at radius 3 is 2.42 bits per heavy atom. The van der Waals surface area contributed by atoms with Crippen LogP contribution in [0.2, 0.25) is 0 Å². The number of oxazole rings is 1. The first kappa shape index (κ1) is 15.8. The van der Waals surface area contributed by atoms with Crippen molar-refractivity contribution in [1.29, 1.82) is 0 Å². The van der Waals surface area contributed by atoms with E-state index in [1.807, 2.05) is 20.8 Å². The number of halogens is 3. The van der Waals surface area contributed by atoms with E-state index in [1.54, 1.807) is 6.92 Å². The van der Waals surface area contributed by atoms with E-state index in [2.05, 4.69) is 10.3 Å². The molecule has 0 saturated heterocycles. The minimum Gasteiger partial charge on any atom is -0.432 e. The fraction of sp³-hybridized carbons (Fsp3) is 0.750. The molecule has 0 unspecified atom stereocenters. The van der Waals surface area contributed by atoms with Crippen LogP contribution >= 0.6 is 0 Å². The Morgan fingerprint density at radius 2 is 1.95 bits per heavy atom. The van der Waals surface area contributed by atoms with Crippen molar-refractivity contribution in [1.82, 2.24) is 10.3 Å². The molecular weight excluding hydrogens is 259 g/mol. The zero-order valence-corrected chi connectivity index (χ0v) is 11.6. The highest BCUT2D eigenvalue weighted by atomic mass is 19.4. The summed E-state index contributed by atoms with van der Waals surface area (Å²) in [6.07, 6.45) is -2.89. The van der Waals surface area contributed by atoms with E-state index in [0.29, 0.717) is 12.2 Å². The molecule has 0 aliphatic carbocycles. The van der Waals surface area contributed by atoms with Crippen molar-refractivity contribution in [2.24, 2.45) is 0 Å². The zero-order valence-electron chi connectivity index (χ0n) is 11.6. The molecule has 1 aromatic rings. The molecule has 0 aliphatic rings. The van der Waals surface area contributed by atoms with E-state index in [9.17, 15) is 13.2 Å². The molecule has 0 atom stereocenters. The van der Waals surface area contributed by atoms with Gasteiger partial charge in [0.2, 0.25) is 0 Å². The fourth-order valence-electron chi connectivity index (χ4n) is 1.41.